The molecule has 0 aliphatic carbocycles. The molecule has 0 amide bonds. The van der Waals surface area contributed by atoms with Gasteiger partial charge in [0.1, 0.15) is 6.04 Å². The molecule has 0 aliphatic heterocycles. The maximum atomic E-state index is 10.9. The van der Waals surface area contributed by atoms with Crippen LogP contribution in [0.4, 0.5) is 0 Å². The van der Waals surface area contributed by atoms with Gasteiger partial charge >= 0.3 is 5.97 Å². The highest BCUT2D eigenvalue weighted by atomic mass is 16.5. The standard InChI is InChI=1S/C9H15NO2/c1-3-5-6-7-8(10)9(11)12-4-2/h1,8H,4-7,10H2,2H3/t8-/m0/s1. The summed E-state index contributed by atoms with van der Waals surface area (Å²) in [4.78, 5) is 10.9. The Morgan fingerprint density at radius 3 is 2.92 bits per heavy atom. The molecule has 0 fully saturated rings. The fourth-order valence-corrected chi connectivity index (χ4v) is 0.791. The van der Waals surface area contributed by atoms with Crippen molar-refractivity contribution in [3.63, 3.8) is 0 Å². The molecule has 0 unspecified atom stereocenters. The van der Waals surface area contributed by atoms with E-state index in [4.69, 9.17) is 16.9 Å². The summed E-state index contributed by atoms with van der Waals surface area (Å²) in [5.74, 6) is 2.15. The molecule has 0 heterocycles. The second-order valence-corrected chi connectivity index (χ2v) is 2.45. The van der Waals surface area contributed by atoms with Crippen LogP contribution in [0.5, 0.6) is 0 Å². The molecular formula is C9H15NO2. The van der Waals surface area contributed by atoms with Gasteiger partial charge in [0.05, 0.1) is 6.61 Å². The molecule has 0 saturated carbocycles. The van der Waals surface area contributed by atoms with Gasteiger partial charge in [-0.25, -0.2) is 0 Å². The lowest BCUT2D eigenvalue weighted by Crippen LogP contribution is -2.32. The predicted molar refractivity (Wildman–Crippen MR) is 47.3 cm³/mol. The van der Waals surface area contributed by atoms with Gasteiger partial charge in [0.15, 0.2) is 0 Å². The molecule has 3 heteroatoms. The summed E-state index contributed by atoms with van der Waals surface area (Å²) >= 11 is 0. The predicted octanol–water partition coefficient (Wildman–Crippen LogP) is 0.680. The number of carbonyl (C=O) groups is 1. The summed E-state index contributed by atoms with van der Waals surface area (Å²) in [5, 5.41) is 0. The number of rotatable bonds is 5. The lowest BCUT2D eigenvalue weighted by atomic mass is 10.1. The Balaban J connectivity index is 3.51. The van der Waals surface area contributed by atoms with E-state index in [9.17, 15) is 4.79 Å². The van der Waals surface area contributed by atoms with Crippen molar-refractivity contribution in [2.75, 3.05) is 6.61 Å². The first-order valence-corrected chi connectivity index (χ1v) is 4.08. The third-order valence-electron chi connectivity index (χ3n) is 1.43. The van der Waals surface area contributed by atoms with Crippen LogP contribution >= 0.6 is 0 Å². The maximum Gasteiger partial charge on any atom is 0.322 e. The summed E-state index contributed by atoms with van der Waals surface area (Å²) in [6, 6.07) is -0.515. The average molecular weight is 169 g/mol. The second kappa shape index (κ2) is 6.68. The maximum absolute atomic E-state index is 10.9. The van der Waals surface area contributed by atoms with Crippen LogP contribution in [0.2, 0.25) is 0 Å². The minimum atomic E-state index is -0.515. The van der Waals surface area contributed by atoms with Crippen molar-refractivity contribution in [3.8, 4) is 12.3 Å². The number of unbranched alkanes of at least 4 members (excludes halogenated alkanes) is 1. The first kappa shape index (κ1) is 11.0. The minimum Gasteiger partial charge on any atom is -0.465 e. The number of ether oxygens (including phenoxy) is 1. The molecule has 0 aromatic heterocycles. The lowest BCUT2D eigenvalue weighted by molar-refractivity contribution is -0.144. The van der Waals surface area contributed by atoms with Crippen LogP contribution < -0.4 is 5.73 Å². The first-order chi connectivity index (χ1) is 5.72. The van der Waals surface area contributed by atoms with E-state index in [2.05, 4.69) is 5.92 Å². The fraction of sp³-hybridized carbons (Fsp3) is 0.667. The van der Waals surface area contributed by atoms with Crippen molar-refractivity contribution in [2.45, 2.75) is 32.2 Å². The summed E-state index contributed by atoms with van der Waals surface area (Å²) in [7, 11) is 0. The third-order valence-corrected chi connectivity index (χ3v) is 1.43. The van der Waals surface area contributed by atoms with Crippen molar-refractivity contribution in [1.82, 2.24) is 0 Å². The normalized spacial score (nSPS) is 11.8. The van der Waals surface area contributed by atoms with E-state index in [-0.39, 0.29) is 5.97 Å². The number of hydrogen-bond acceptors (Lipinski definition) is 3. The molecule has 0 aromatic rings. The number of nitrogens with two attached hydrogens (primary N) is 1. The van der Waals surface area contributed by atoms with Gasteiger partial charge in [0.25, 0.3) is 0 Å². The quantitative estimate of drug-likeness (QED) is 0.374. The first-order valence-electron chi connectivity index (χ1n) is 4.08. The zero-order chi connectivity index (χ0) is 9.40. The van der Waals surface area contributed by atoms with Crippen LogP contribution in [0.3, 0.4) is 0 Å². The van der Waals surface area contributed by atoms with E-state index in [0.29, 0.717) is 19.4 Å². The molecule has 12 heavy (non-hydrogen) atoms. The smallest absolute Gasteiger partial charge is 0.322 e. The molecule has 0 spiro atoms. The Morgan fingerprint density at radius 2 is 2.42 bits per heavy atom. The SMILES string of the molecule is C#CCCC[C@H](N)C(=O)OCC. The van der Waals surface area contributed by atoms with E-state index in [1.54, 1.807) is 6.92 Å². The van der Waals surface area contributed by atoms with Gasteiger partial charge in [-0.05, 0) is 19.8 Å². The monoisotopic (exact) mass is 169 g/mol. The topological polar surface area (TPSA) is 52.3 Å². The van der Waals surface area contributed by atoms with E-state index in [0.717, 1.165) is 6.42 Å². The fourth-order valence-electron chi connectivity index (χ4n) is 0.791. The molecule has 68 valence electrons. The van der Waals surface area contributed by atoms with Crippen LogP contribution in [0, 0.1) is 12.3 Å². The van der Waals surface area contributed by atoms with Crippen molar-refractivity contribution < 1.29 is 9.53 Å². The molecule has 0 aromatic carbocycles. The van der Waals surface area contributed by atoms with E-state index in [1.807, 2.05) is 0 Å². The molecular weight excluding hydrogens is 154 g/mol. The highest BCUT2D eigenvalue weighted by Gasteiger charge is 2.12. The highest BCUT2D eigenvalue weighted by Crippen LogP contribution is 1.99. The van der Waals surface area contributed by atoms with Gasteiger partial charge in [-0.2, -0.15) is 0 Å². The van der Waals surface area contributed by atoms with Crippen LogP contribution in [0.25, 0.3) is 0 Å². The minimum absolute atomic E-state index is 0.338. The number of terminal acetylenes is 1. The third kappa shape index (κ3) is 4.75. The van der Waals surface area contributed by atoms with Gasteiger partial charge in [0.2, 0.25) is 0 Å². The largest absolute Gasteiger partial charge is 0.465 e. The summed E-state index contributed by atoms with van der Waals surface area (Å²) in [6.45, 7) is 2.13. The molecule has 0 aliphatic rings. The zero-order valence-electron chi connectivity index (χ0n) is 7.38. The Morgan fingerprint density at radius 1 is 1.75 bits per heavy atom. The molecule has 0 bridgehead atoms. The Bertz CT molecular complexity index is 172. The van der Waals surface area contributed by atoms with Crippen LogP contribution in [-0.2, 0) is 9.53 Å². The van der Waals surface area contributed by atoms with Gasteiger partial charge in [0, 0.05) is 6.42 Å². The summed E-state index contributed by atoms with van der Waals surface area (Å²) in [5.41, 5.74) is 5.50. The summed E-state index contributed by atoms with van der Waals surface area (Å²) in [6.07, 6.45) is 7.08. The van der Waals surface area contributed by atoms with Crippen molar-refractivity contribution in [3.05, 3.63) is 0 Å². The van der Waals surface area contributed by atoms with Gasteiger partial charge in [-0.1, -0.05) is 0 Å². The Labute approximate surface area is 73.3 Å². The van der Waals surface area contributed by atoms with E-state index >= 15 is 0 Å². The van der Waals surface area contributed by atoms with Crippen molar-refractivity contribution >= 4 is 5.97 Å². The molecule has 3 nitrogen and oxygen atoms in total. The van der Waals surface area contributed by atoms with Crippen molar-refractivity contribution in [1.29, 1.82) is 0 Å². The second-order valence-electron chi connectivity index (χ2n) is 2.45. The lowest BCUT2D eigenvalue weighted by Gasteiger charge is -2.08. The zero-order valence-corrected chi connectivity index (χ0v) is 7.38. The molecule has 0 radical (unpaired) electrons. The van der Waals surface area contributed by atoms with Crippen LogP contribution in [-0.4, -0.2) is 18.6 Å². The highest BCUT2D eigenvalue weighted by molar-refractivity contribution is 5.75. The van der Waals surface area contributed by atoms with Gasteiger partial charge in [-0.15, -0.1) is 12.3 Å². The van der Waals surface area contributed by atoms with Gasteiger partial charge < -0.3 is 10.5 Å². The Kier molecular flexibility index (Phi) is 6.12. The molecule has 2 N–H and O–H groups in total. The van der Waals surface area contributed by atoms with Crippen LogP contribution in [0.1, 0.15) is 26.2 Å². The Hall–Kier alpha value is -1.01. The number of hydrogen-bond donors (Lipinski definition) is 1. The van der Waals surface area contributed by atoms with Crippen molar-refractivity contribution in [2.24, 2.45) is 5.73 Å². The molecule has 1 atom stereocenters. The number of carbonyl (C=O) groups excluding carboxylic acids is 1. The summed E-state index contributed by atoms with van der Waals surface area (Å²) < 4.78 is 4.72. The molecule has 0 saturated heterocycles. The average Bonchev–Trinajstić information content (AvgIpc) is 2.05. The van der Waals surface area contributed by atoms with E-state index in [1.165, 1.54) is 0 Å². The van der Waals surface area contributed by atoms with Gasteiger partial charge in [-0.3, -0.25) is 4.79 Å². The molecule has 0 rings (SSSR count). The number of esters is 1. The van der Waals surface area contributed by atoms with E-state index < -0.39 is 6.04 Å². The van der Waals surface area contributed by atoms with Crippen LogP contribution in [0.15, 0.2) is 0 Å².